The van der Waals surface area contributed by atoms with Gasteiger partial charge in [0.2, 0.25) is 0 Å². The van der Waals surface area contributed by atoms with Gasteiger partial charge in [-0.2, -0.15) is 0 Å². The third-order valence-electron chi connectivity index (χ3n) is 3.67. The van der Waals surface area contributed by atoms with Gasteiger partial charge in [-0.15, -0.1) is 0 Å². The largest absolute Gasteiger partial charge is 0.369 e. The summed E-state index contributed by atoms with van der Waals surface area (Å²) in [6, 6.07) is 8.53. The van der Waals surface area contributed by atoms with E-state index < -0.39 is 9.84 Å². The molecule has 1 atom stereocenters. The average Bonchev–Trinajstić information content (AvgIpc) is 2.40. The second-order valence-electron chi connectivity index (χ2n) is 5.18. The molecule has 1 fully saturated rings. The van der Waals surface area contributed by atoms with Gasteiger partial charge in [0, 0.05) is 24.8 Å². The third-order valence-corrected chi connectivity index (χ3v) is 5.28. The molecule has 5 heteroatoms. The van der Waals surface area contributed by atoms with Crippen LogP contribution in [0.2, 0.25) is 0 Å². The summed E-state index contributed by atoms with van der Waals surface area (Å²) in [5, 5.41) is 0. The van der Waals surface area contributed by atoms with Crippen molar-refractivity contribution in [1.29, 1.82) is 0 Å². The topological polar surface area (TPSA) is 63.4 Å². The fraction of sp³-hybridized carbons (Fsp3) is 0.571. The Balaban J connectivity index is 1.99. The second kappa shape index (κ2) is 5.92. The lowest BCUT2D eigenvalue weighted by Gasteiger charge is -2.28. The number of nitrogens with two attached hydrogens (primary N) is 1. The van der Waals surface area contributed by atoms with Crippen LogP contribution >= 0.6 is 0 Å². The maximum Gasteiger partial charge on any atom is 0.153 e. The number of nitrogens with zero attached hydrogens (tertiary/aromatic N) is 1. The van der Waals surface area contributed by atoms with Crippen molar-refractivity contribution in [2.45, 2.75) is 25.8 Å². The maximum atomic E-state index is 11.4. The minimum absolute atomic E-state index is 0.214. The number of anilines is 1. The summed E-state index contributed by atoms with van der Waals surface area (Å²) < 4.78 is 22.8. The summed E-state index contributed by atoms with van der Waals surface area (Å²) in [6.45, 7) is 3.28. The van der Waals surface area contributed by atoms with E-state index >= 15 is 0 Å². The van der Waals surface area contributed by atoms with Gasteiger partial charge in [0.1, 0.15) is 0 Å². The predicted molar refractivity (Wildman–Crippen MR) is 79.3 cm³/mol. The highest BCUT2D eigenvalue weighted by molar-refractivity contribution is 7.91. The molecule has 1 saturated heterocycles. The van der Waals surface area contributed by atoms with E-state index in [1.807, 2.05) is 0 Å². The summed E-state index contributed by atoms with van der Waals surface area (Å²) in [7, 11) is -2.81. The normalized spacial score (nSPS) is 20.2. The van der Waals surface area contributed by atoms with E-state index in [0.717, 1.165) is 18.5 Å². The predicted octanol–water partition coefficient (Wildman–Crippen LogP) is 1.20. The number of sulfone groups is 1. The molecule has 0 bridgehead atoms. The molecule has 1 aromatic rings. The Kier molecular flexibility index (Phi) is 4.47. The van der Waals surface area contributed by atoms with Gasteiger partial charge in [0.05, 0.1) is 11.5 Å². The van der Waals surface area contributed by atoms with Crippen LogP contribution in [0.4, 0.5) is 5.69 Å². The van der Waals surface area contributed by atoms with E-state index in [0.29, 0.717) is 13.1 Å². The molecule has 0 radical (unpaired) electrons. The molecule has 0 saturated carbocycles. The Bertz CT molecular complexity index is 497. The lowest BCUT2D eigenvalue weighted by atomic mass is 10.0. The van der Waals surface area contributed by atoms with Crippen molar-refractivity contribution in [2.75, 3.05) is 29.5 Å². The highest BCUT2D eigenvalue weighted by Crippen LogP contribution is 2.18. The van der Waals surface area contributed by atoms with Crippen molar-refractivity contribution in [3.63, 3.8) is 0 Å². The zero-order valence-corrected chi connectivity index (χ0v) is 12.2. The Labute approximate surface area is 115 Å². The zero-order chi connectivity index (χ0) is 13.9. The molecule has 4 nitrogen and oxygen atoms in total. The molecule has 1 aromatic carbocycles. The Hall–Kier alpha value is -1.07. The van der Waals surface area contributed by atoms with Crippen molar-refractivity contribution >= 4 is 15.5 Å². The van der Waals surface area contributed by atoms with Crippen LogP contribution in [0.1, 0.15) is 18.9 Å². The summed E-state index contributed by atoms with van der Waals surface area (Å²) in [5.74, 6) is 0.519. The third kappa shape index (κ3) is 3.94. The van der Waals surface area contributed by atoms with Gasteiger partial charge < -0.3 is 10.6 Å². The zero-order valence-electron chi connectivity index (χ0n) is 11.4. The summed E-state index contributed by atoms with van der Waals surface area (Å²) >= 11 is 0. The maximum absolute atomic E-state index is 11.4. The quantitative estimate of drug-likeness (QED) is 0.901. The van der Waals surface area contributed by atoms with Crippen LogP contribution in [0.5, 0.6) is 0 Å². The van der Waals surface area contributed by atoms with Crippen molar-refractivity contribution in [3.05, 3.63) is 29.8 Å². The average molecular weight is 282 g/mol. The molecule has 0 aliphatic carbocycles. The summed E-state index contributed by atoms with van der Waals surface area (Å²) in [4.78, 5) is 2.13. The molecule has 0 spiro atoms. The van der Waals surface area contributed by atoms with Gasteiger partial charge in [-0.1, -0.05) is 19.1 Å². The molecule has 1 aliphatic heterocycles. The van der Waals surface area contributed by atoms with Gasteiger partial charge in [0.15, 0.2) is 9.84 Å². The van der Waals surface area contributed by atoms with Gasteiger partial charge in [0.25, 0.3) is 0 Å². The fourth-order valence-corrected chi connectivity index (χ4v) is 3.46. The highest BCUT2D eigenvalue weighted by atomic mass is 32.2. The standard InChI is InChI=1S/C14H22N2O2S/c1-2-13(15)11-12-3-5-14(6-4-12)16-7-9-19(17,18)10-8-16/h3-6,13H,2,7-11,15H2,1H3. The first kappa shape index (κ1) is 14.3. The van der Waals surface area contributed by atoms with Crippen molar-refractivity contribution < 1.29 is 8.42 Å². The molecule has 1 heterocycles. The number of hydrogen-bond acceptors (Lipinski definition) is 4. The van der Waals surface area contributed by atoms with Crippen LogP contribution in [-0.2, 0) is 16.3 Å². The van der Waals surface area contributed by atoms with E-state index in [1.54, 1.807) is 0 Å². The SMILES string of the molecule is CCC(N)Cc1ccc(N2CCS(=O)(=O)CC2)cc1. The van der Waals surface area contributed by atoms with Gasteiger partial charge in [-0.25, -0.2) is 8.42 Å². The summed E-state index contributed by atoms with van der Waals surface area (Å²) in [5.41, 5.74) is 8.28. The molecule has 2 rings (SSSR count). The van der Waals surface area contributed by atoms with Crippen LogP contribution in [-0.4, -0.2) is 39.1 Å². The minimum Gasteiger partial charge on any atom is -0.369 e. The molecular formula is C14H22N2O2S. The first-order valence-electron chi connectivity index (χ1n) is 6.80. The first-order chi connectivity index (χ1) is 9.00. The van der Waals surface area contributed by atoms with E-state index in [1.165, 1.54) is 5.56 Å². The molecule has 106 valence electrons. The van der Waals surface area contributed by atoms with Crippen LogP contribution in [0.15, 0.2) is 24.3 Å². The van der Waals surface area contributed by atoms with E-state index in [4.69, 9.17) is 5.73 Å². The number of rotatable bonds is 4. The van der Waals surface area contributed by atoms with Crippen LogP contribution in [0.3, 0.4) is 0 Å². The Morgan fingerprint density at radius 3 is 2.32 bits per heavy atom. The van der Waals surface area contributed by atoms with Crippen LogP contribution in [0.25, 0.3) is 0 Å². The summed E-state index contributed by atoms with van der Waals surface area (Å²) in [6.07, 6.45) is 1.87. The fourth-order valence-electron chi connectivity index (χ4n) is 2.26. The molecule has 0 amide bonds. The highest BCUT2D eigenvalue weighted by Gasteiger charge is 2.21. The van der Waals surface area contributed by atoms with E-state index in [-0.39, 0.29) is 17.5 Å². The number of benzene rings is 1. The Morgan fingerprint density at radius 2 is 1.79 bits per heavy atom. The minimum atomic E-state index is -2.81. The van der Waals surface area contributed by atoms with Gasteiger partial charge >= 0.3 is 0 Å². The van der Waals surface area contributed by atoms with Crippen LogP contribution in [0, 0.1) is 0 Å². The molecule has 0 aromatic heterocycles. The smallest absolute Gasteiger partial charge is 0.153 e. The van der Waals surface area contributed by atoms with Gasteiger partial charge in [-0.05, 0) is 30.5 Å². The second-order valence-corrected chi connectivity index (χ2v) is 7.48. The molecule has 1 aliphatic rings. The van der Waals surface area contributed by atoms with E-state index in [2.05, 4.69) is 36.1 Å². The Morgan fingerprint density at radius 1 is 1.21 bits per heavy atom. The van der Waals surface area contributed by atoms with E-state index in [9.17, 15) is 8.42 Å². The lowest BCUT2D eigenvalue weighted by Crippen LogP contribution is -2.40. The molecular weight excluding hydrogens is 260 g/mol. The van der Waals surface area contributed by atoms with Crippen LogP contribution < -0.4 is 10.6 Å². The lowest BCUT2D eigenvalue weighted by molar-refractivity contribution is 0.587. The first-order valence-corrected chi connectivity index (χ1v) is 8.62. The van der Waals surface area contributed by atoms with Crippen molar-refractivity contribution in [2.24, 2.45) is 5.73 Å². The van der Waals surface area contributed by atoms with Gasteiger partial charge in [-0.3, -0.25) is 0 Å². The van der Waals surface area contributed by atoms with Crippen molar-refractivity contribution in [3.8, 4) is 0 Å². The monoisotopic (exact) mass is 282 g/mol. The molecule has 1 unspecified atom stereocenters. The number of hydrogen-bond donors (Lipinski definition) is 1. The molecule has 2 N–H and O–H groups in total. The molecule has 19 heavy (non-hydrogen) atoms. The van der Waals surface area contributed by atoms with Crippen molar-refractivity contribution in [1.82, 2.24) is 0 Å².